The topological polar surface area (TPSA) is 17.0 Å². The zero-order valence-corrected chi connectivity index (χ0v) is 16.0. The number of nitrogens with zero attached hydrogens (tertiary/aromatic N) is 1. The highest BCUT2D eigenvalue weighted by Crippen LogP contribution is 2.25. The summed E-state index contributed by atoms with van der Waals surface area (Å²) in [6.45, 7) is 4.77. The fraction of sp³-hybridized carbons (Fsp3) is 0.364. The Bertz CT molecular complexity index is 856. The molecule has 26 heavy (non-hydrogen) atoms. The number of nitrogens with one attached hydrogen (secondary N) is 1. The summed E-state index contributed by atoms with van der Waals surface area (Å²) in [5.74, 6) is -0.302. The summed E-state index contributed by atoms with van der Waals surface area (Å²) in [6, 6.07) is 13.0. The van der Waals surface area contributed by atoms with E-state index in [1.165, 1.54) is 54.3 Å². The van der Waals surface area contributed by atoms with Crippen molar-refractivity contribution in [2.24, 2.45) is 0 Å². The van der Waals surface area contributed by atoms with Crippen LogP contribution >= 0.6 is 11.6 Å². The molecule has 0 amide bonds. The molecule has 0 spiro atoms. The number of halogens is 2. The molecule has 3 rings (SSSR count). The molecule has 1 heterocycles. The van der Waals surface area contributed by atoms with E-state index in [2.05, 4.69) is 41.2 Å². The number of aromatic nitrogens is 1. The van der Waals surface area contributed by atoms with Crippen LogP contribution in [0.4, 0.5) is 4.39 Å². The van der Waals surface area contributed by atoms with E-state index in [0.29, 0.717) is 11.6 Å². The van der Waals surface area contributed by atoms with Gasteiger partial charge in [0.15, 0.2) is 0 Å². The predicted molar refractivity (Wildman–Crippen MR) is 108 cm³/mol. The van der Waals surface area contributed by atoms with Gasteiger partial charge in [-0.25, -0.2) is 4.39 Å². The molecule has 0 aliphatic heterocycles. The molecule has 1 aromatic heterocycles. The van der Waals surface area contributed by atoms with E-state index in [4.69, 9.17) is 11.6 Å². The smallest absolute Gasteiger partial charge is 0.124 e. The van der Waals surface area contributed by atoms with Crippen molar-refractivity contribution in [3.63, 3.8) is 0 Å². The first-order valence-corrected chi connectivity index (χ1v) is 9.78. The number of fused-ring (bicyclic) bond motifs is 1. The number of benzene rings is 2. The van der Waals surface area contributed by atoms with Gasteiger partial charge >= 0.3 is 0 Å². The van der Waals surface area contributed by atoms with Gasteiger partial charge in [0.2, 0.25) is 0 Å². The molecule has 0 atom stereocenters. The Morgan fingerprint density at radius 2 is 1.88 bits per heavy atom. The van der Waals surface area contributed by atoms with Crippen LogP contribution in [0.3, 0.4) is 0 Å². The molecule has 0 radical (unpaired) electrons. The van der Waals surface area contributed by atoms with Gasteiger partial charge in [-0.05, 0) is 42.3 Å². The van der Waals surface area contributed by atoms with Crippen molar-refractivity contribution in [3.05, 3.63) is 70.6 Å². The summed E-state index contributed by atoms with van der Waals surface area (Å²) in [6.07, 6.45) is 7.26. The minimum Gasteiger partial charge on any atom is -0.343 e. The predicted octanol–water partition coefficient (Wildman–Crippen LogP) is 6.15. The van der Waals surface area contributed by atoms with Gasteiger partial charge < -0.3 is 9.88 Å². The second-order valence-corrected chi connectivity index (χ2v) is 7.18. The maximum Gasteiger partial charge on any atom is 0.124 e. The normalized spacial score (nSPS) is 11.3. The fourth-order valence-corrected chi connectivity index (χ4v) is 3.55. The lowest BCUT2D eigenvalue weighted by Gasteiger charge is -2.07. The van der Waals surface area contributed by atoms with Crippen molar-refractivity contribution in [1.82, 2.24) is 9.88 Å². The highest BCUT2D eigenvalue weighted by atomic mass is 35.5. The molecule has 4 heteroatoms. The molecule has 0 aliphatic carbocycles. The Balaban J connectivity index is 1.74. The van der Waals surface area contributed by atoms with E-state index in [1.807, 2.05) is 6.07 Å². The minimum absolute atomic E-state index is 0.302. The zero-order valence-electron chi connectivity index (χ0n) is 15.3. The molecular weight excluding hydrogens is 347 g/mol. The number of rotatable bonds is 9. The molecule has 0 aliphatic rings. The molecule has 0 saturated heterocycles. The number of unbranched alkanes of at least 4 members (excludes halogenated alkanes) is 3. The first kappa shape index (κ1) is 18.9. The summed E-state index contributed by atoms with van der Waals surface area (Å²) < 4.78 is 15.5. The van der Waals surface area contributed by atoms with Crippen molar-refractivity contribution in [1.29, 1.82) is 0 Å². The first-order valence-electron chi connectivity index (χ1n) is 9.40. The van der Waals surface area contributed by atoms with Crippen LogP contribution in [0, 0.1) is 5.82 Å². The van der Waals surface area contributed by atoms with E-state index in [9.17, 15) is 4.39 Å². The fourth-order valence-electron chi connectivity index (χ4n) is 3.33. The van der Waals surface area contributed by atoms with Gasteiger partial charge in [0.25, 0.3) is 0 Å². The molecule has 0 bridgehead atoms. The largest absolute Gasteiger partial charge is 0.343 e. The third-order valence-corrected chi connectivity index (χ3v) is 5.10. The summed E-state index contributed by atoms with van der Waals surface area (Å²) in [5, 5.41) is 5.29. The van der Waals surface area contributed by atoms with Crippen LogP contribution in [-0.4, -0.2) is 11.1 Å². The SMILES string of the molecule is CCCCCCNCc1cn(Cc2ccc(F)cc2Cl)c2ccccc12. The molecule has 0 unspecified atom stereocenters. The molecule has 1 N–H and O–H groups in total. The van der Waals surface area contributed by atoms with Crippen molar-refractivity contribution in [3.8, 4) is 0 Å². The molecule has 2 aromatic carbocycles. The maximum atomic E-state index is 13.3. The van der Waals surface area contributed by atoms with Crippen LogP contribution < -0.4 is 5.32 Å². The quantitative estimate of drug-likeness (QED) is 0.445. The van der Waals surface area contributed by atoms with Crippen LogP contribution in [0.2, 0.25) is 5.02 Å². The van der Waals surface area contributed by atoms with E-state index >= 15 is 0 Å². The Morgan fingerprint density at radius 3 is 2.69 bits per heavy atom. The van der Waals surface area contributed by atoms with Crippen molar-refractivity contribution >= 4 is 22.5 Å². The summed E-state index contributed by atoms with van der Waals surface area (Å²) in [4.78, 5) is 0. The van der Waals surface area contributed by atoms with Gasteiger partial charge in [0, 0.05) is 35.2 Å². The second kappa shape index (κ2) is 9.20. The standard InChI is InChI=1S/C22H26ClFN2/c1-2-3-4-7-12-25-14-18-16-26(22-9-6-5-8-20(18)22)15-17-10-11-19(24)13-21(17)23/h5-6,8-11,13,16,25H,2-4,7,12,14-15H2,1H3. The second-order valence-electron chi connectivity index (χ2n) is 6.77. The Morgan fingerprint density at radius 1 is 1.04 bits per heavy atom. The van der Waals surface area contributed by atoms with E-state index in [0.717, 1.165) is 18.7 Å². The van der Waals surface area contributed by atoms with Gasteiger partial charge in [-0.2, -0.15) is 0 Å². The average Bonchev–Trinajstić information content (AvgIpc) is 2.98. The molecule has 0 fully saturated rings. The van der Waals surface area contributed by atoms with Gasteiger partial charge in [-0.15, -0.1) is 0 Å². The Kier molecular flexibility index (Phi) is 6.70. The summed E-state index contributed by atoms with van der Waals surface area (Å²) in [5.41, 5.74) is 3.39. The Labute approximate surface area is 160 Å². The minimum atomic E-state index is -0.302. The van der Waals surface area contributed by atoms with Crippen LogP contribution in [0.5, 0.6) is 0 Å². The highest BCUT2D eigenvalue weighted by molar-refractivity contribution is 6.31. The number of hydrogen-bond acceptors (Lipinski definition) is 1. The average molecular weight is 373 g/mol. The third kappa shape index (κ3) is 4.66. The van der Waals surface area contributed by atoms with Crippen molar-refractivity contribution in [2.45, 2.75) is 45.7 Å². The number of para-hydroxylation sites is 1. The van der Waals surface area contributed by atoms with Crippen LogP contribution in [0.1, 0.15) is 43.7 Å². The lowest BCUT2D eigenvalue weighted by Crippen LogP contribution is -2.14. The Hall–Kier alpha value is -1.84. The zero-order chi connectivity index (χ0) is 18.4. The van der Waals surface area contributed by atoms with Crippen LogP contribution in [0.15, 0.2) is 48.7 Å². The van der Waals surface area contributed by atoms with Crippen LogP contribution in [-0.2, 0) is 13.1 Å². The maximum absolute atomic E-state index is 13.3. The lowest BCUT2D eigenvalue weighted by atomic mass is 10.1. The molecule has 2 nitrogen and oxygen atoms in total. The van der Waals surface area contributed by atoms with Gasteiger partial charge in [0.1, 0.15) is 5.82 Å². The van der Waals surface area contributed by atoms with Gasteiger partial charge in [-0.1, -0.05) is 62.1 Å². The molecule has 0 saturated carbocycles. The summed E-state index contributed by atoms with van der Waals surface area (Å²) in [7, 11) is 0. The van der Waals surface area contributed by atoms with Crippen LogP contribution in [0.25, 0.3) is 10.9 Å². The van der Waals surface area contributed by atoms with E-state index in [-0.39, 0.29) is 5.82 Å². The molecular formula is C22H26ClFN2. The van der Waals surface area contributed by atoms with Crippen molar-refractivity contribution < 1.29 is 4.39 Å². The monoisotopic (exact) mass is 372 g/mol. The lowest BCUT2D eigenvalue weighted by molar-refractivity contribution is 0.598. The highest BCUT2D eigenvalue weighted by Gasteiger charge is 2.10. The molecule has 138 valence electrons. The van der Waals surface area contributed by atoms with Gasteiger partial charge in [-0.3, -0.25) is 0 Å². The first-order chi connectivity index (χ1) is 12.7. The van der Waals surface area contributed by atoms with Crippen molar-refractivity contribution in [2.75, 3.05) is 6.54 Å². The summed E-state index contributed by atoms with van der Waals surface area (Å²) >= 11 is 6.22. The third-order valence-electron chi connectivity index (χ3n) is 4.75. The molecule has 3 aromatic rings. The van der Waals surface area contributed by atoms with E-state index in [1.54, 1.807) is 6.07 Å². The van der Waals surface area contributed by atoms with E-state index < -0.39 is 0 Å². The number of hydrogen-bond donors (Lipinski definition) is 1. The van der Waals surface area contributed by atoms with Gasteiger partial charge in [0.05, 0.1) is 0 Å².